The van der Waals surface area contributed by atoms with Crippen LogP contribution in [0.4, 0.5) is 0 Å². The number of nitrogens with two attached hydrogens (primary N) is 1. The second-order valence-electron chi connectivity index (χ2n) is 3.76. The van der Waals surface area contributed by atoms with E-state index < -0.39 is 0 Å². The maximum absolute atomic E-state index is 5.66. The molecule has 0 aliphatic heterocycles. The molecule has 0 amide bonds. The minimum absolute atomic E-state index is 0.480. The summed E-state index contributed by atoms with van der Waals surface area (Å²) in [7, 11) is 1.95. The van der Waals surface area contributed by atoms with Gasteiger partial charge in [-0.15, -0.1) is 0 Å². The topological polar surface area (TPSA) is 43.8 Å². The average Bonchev–Trinajstić information content (AvgIpc) is 2.53. The van der Waals surface area contributed by atoms with Gasteiger partial charge in [0.15, 0.2) is 0 Å². The molecule has 0 radical (unpaired) electrons. The Bertz CT molecular complexity index is 517. The molecule has 4 heteroatoms. The summed E-state index contributed by atoms with van der Waals surface area (Å²) in [6.07, 6.45) is 0. The van der Waals surface area contributed by atoms with Crippen LogP contribution in [0.1, 0.15) is 11.3 Å². The summed E-state index contributed by atoms with van der Waals surface area (Å²) in [6, 6.07) is 8.20. The molecule has 0 bridgehead atoms. The molecule has 1 heterocycles. The highest BCUT2D eigenvalue weighted by Crippen LogP contribution is 2.27. The fourth-order valence-corrected chi connectivity index (χ4v) is 2.32. The van der Waals surface area contributed by atoms with Crippen LogP contribution in [0, 0.1) is 6.92 Å². The minimum Gasteiger partial charge on any atom is -0.325 e. The van der Waals surface area contributed by atoms with E-state index in [2.05, 4.69) is 40.1 Å². The molecule has 0 atom stereocenters. The van der Waals surface area contributed by atoms with Gasteiger partial charge in [0.25, 0.3) is 0 Å². The molecule has 2 rings (SSSR count). The van der Waals surface area contributed by atoms with Crippen molar-refractivity contribution >= 4 is 15.9 Å². The smallest absolute Gasteiger partial charge is 0.0795 e. The Morgan fingerprint density at radius 1 is 1.44 bits per heavy atom. The fraction of sp³-hybridized carbons (Fsp3) is 0.250. The number of hydrogen-bond donors (Lipinski definition) is 1. The predicted molar refractivity (Wildman–Crippen MR) is 69.0 cm³/mol. The van der Waals surface area contributed by atoms with Crippen LogP contribution >= 0.6 is 15.9 Å². The van der Waals surface area contributed by atoms with Gasteiger partial charge in [-0.3, -0.25) is 4.68 Å². The van der Waals surface area contributed by atoms with E-state index in [-0.39, 0.29) is 0 Å². The normalized spacial score (nSPS) is 10.8. The van der Waals surface area contributed by atoms with Gasteiger partial charge in [-0.05, 0) is 24.6 Å². The summed E-state index contributed by atoms with van der Waals surface area (Å²) < 4.78 is 2.96. The summed E-state index contributed by atoms with van der Waals surface area (Å²) in [4.78, 5) is 0. The van der Waals surface area contributed by atoms with Crippen LogP contribution in [0.2, 0.25) is 0 Å². The van der Waals surface area contributed by atoms with Crippen molar-refractivity contribution in [2.45, 2.75) is 13.5 Å². The van der Waals surface area contributed by atoms with Gasteiger partial charge in [0.2, 0.25) is 0 Å². The van der Waals surface area contributed by atoms with Gasteiger partial charge in [0.05, 0.1) is 11.4 Å². The zero-order valence-electron chi connectivity index (χ0n) is 9.37. The standard InChI is InChI=1S/C12H14BrN3/c1-8-11(7-14)15-16(2)12(8)9-4-3-5-10(13)6-9/h3-6H,7,14H2,1-2H3. The zero-order chi connectivity index (χ0) is 11.7. The largest absolute Gasteiger partial charge is 0.325 e. The molecule has 1 aromatic carbocycles. The van der Waals surface area contributed by atoms with Crippen LogP contribution in [0.15, 0.2) is 28.7 Å². The lowest BCUT2D eigenvalue weighted by molar-refractivity contribution is 0.749. The van der Waals surface area contributed by atoms with Crippen molar-refractivity contribution in [1.29, 1.82) is 0 Å². The first-order valence-electron chi connectivity index (χ1n) is 5.12. The van der Waals surface area contributed by atoms with E-state index in [0.717, 1.165) is 27.0 Å². The molecule has 0 aliphatic rings. The number of nitrogens with zero attached hydrogens (tertiary/aromatic N) is 2. The summed E-state index contributed by atoms with van der Waals surface area (Å²) >= 11 is 3.48. The monoisotopic (exact) mass is 279 g/mol. The zero-order valence-corrected chi connectivity index (χ0v) is 11.0. The Morgan fingerprint density at radius 2 is 2.19 bits per heavy atom. The highest BCUT2D eigenvalue weighted by atomic mass is 79.9. The quantitative estimate of drug-likeness (QED) is 0.919. The Morgan fingerprint density at radius 3 is 2.75 bits per heavy atom. The van der Waals surface area contributed by atoms with Crippen molar-refractivity contribution in [1.82, 2.24) is 9.78 Å². The third-order valence-electron chi connectivity index (χ3n) is 2.67. The lowest BCUT2D eigenvalue weighted by Gasteiger charge is -2.04. The van der Waals surface area contributed by atoms with Crippen molar-refractivity contribution in [3.63, 3.8) is 0 Å². The summed E-state index contributed by atoms with van der Waals surface area (Å²) in [5.41, 5.74) is 10.0. The molecule has 0 spiro atoms. The number of rotatable bonds is 2. The second kappa shape index (κ2) is 4.39. The Labute approximate surface area is 103 Å². The highest BCUT2D eigenvalue weighted by molar-refractivity contribution is 9.10. The molecular formula is C12H14BrN3. The fourth-order valence-electron chi connectivity index (χ4n) is 1.92. The number of aryl methyl sites for hydroxylation is 1. The highest BCUT2D eigenvalue weighted by Gasteiger charge is 2.12. The maximum atomic E-state index is 5.66. The van der Waals surface area contributed by atoms with Gasteiger partial charge in [-0.25, -0.2) is 0 Å². The molecule has 0 unspecified atom stereocenters. The van der Waals surface area contributed by atoms with Crippen molar-refractivity contribution in [3.8, 4) is 11.3 Å². The molecular weight excluding hydrogens is 266 g/mol. The van der Waals surface area contributed by atoms with Crippen molar-refractivity contribution in [3.05, 3.63) is 40.0 Å². The minimum atomic E-state index is 0.480. The Hall–Kier alpha value is -1.13. The van der Waals surface area contributed by atoms with Crippen molar-refractivity contribution < 1.29 is 0 Å². The van der Waals surface area contributed by atoms with Crippen LogP contribution in [0.5, 0.6) is 0 Å². The molecule has 84 valence electrons. The molecule has 3 nitrogen and oxygen atoms in total. The van der Waals surface area contributed by atoms with E-state index in [1.54, 1.807) is 0 Å². The van der Waals surface area contributed by atoms with Gasteiger partial charge < -0.3 is 5.73 Å². The number of aromatic nitrogens is 2. The molecule has 0 aliphatic carbocycles. The summed E-state index contributed by atoms with van der Waals surface area (Å²) in [5, 5.41) is 4.41. The average molecular weight is 280 g/mol. The number of hydrogen-bond acceptors (Lipinski definition) is 2. The Balaban J connectivity index is 2.60. The van der Waals surface area contributed by atoms with Crippen molar-refractivity contribution in [2.24, 2.45) is 12.8 Å². The number of halogens is 1. The Kier molecular flexibility index (Phi) is 3.12. The van der Waals surface area contributed by atoms with E-state index in [9.17, 15) is 0 Å². The first-order chi connectivity index (χ1) is 7.63. The lowest BCUT2D eigenvalue weighted by Crippen LogP contribution is -1.99. The van der Waals surface area contributed by atoms with Gasteiger partial charge in [0.1, 0.15) is 0 Å². The summed E-state index contributed by atoms with van der Waals surface area (Å²) in [5.74, 6) is 0. The van der Waals surface area contributed by atoms with Crippen molar-refractivity contribution in [2.75, 3.05) is 0 Å². The third-order valence-corrected chi connectivity index (χ3v) is 3.17. The van der Waals surface area contributed by atoms with E-state index in [4.69, 9.17) is 5.73 Å². The van der Waals surface area contributed by atoms with Crippen LogP contribution < -0.4 is 5.73 Å². The maximum Gasteiger partial charge on any atom is 0.0795 e. The molecule has 2 aromatic rings. The van der Waals surface area contributed by atoms with E-state index in [1.165, 1.54) is 0 Å². The SMILES string of the molecule is Cc1c(CN)nn(C)c1-c1cccc(Br)c1. The van der Waals surface area contributed by atoms with E-state index in [0.29, 0.717) is 6.54 Å². The molecule has 16 heavy (non-hydrogen) atoms. The summed E-state index contributed by atoms with van der Waals surface area (Å²) in [6.45, 7) is 2.54. The van der Waals surface area contributed by atoms with Gasteiger partial charge in [0, 0.05) is 23.6 Å². The molecule has 1 aromatic heterocycles. The third kappa shape index (κ3) is 1.90. The van der Waals surface area contributed by atoms with Crippen LogP contribution in [-0.4, -0.2) is 9.78 Å². The molecule has 0 fully saturated rings. The van der Waals surface area contributed by atoms with Gasteiger partial charge >= 0.3 is 0 Å². The first-order valence-corrected chi connectivity index (χ1v) is 5.91. The van der Waals surface area contributed by atoms with Crippen LogP contribution in [0.25, 0.3) is 11.3 Å². The van der Waals surface area contributed by atoms with E-state index >= 15 is 0 Å². The molecule has 0 saturated heterocycles. The number of benzene rings is 1. The molecule has 0 saturated carbocycles. The predicted octanol–water partition coefficient (Wildman–Crippen LogP) is 2.62. The second-order valence-corrected chi connectivity index (χ2v) is 4.67. The lowest BCUT2D eigenvalue weighted by atomic mass is 10.1. The van der Waals surface area contributed by atoms with Gasteiger partial charge in [-0.2, -0.15) is 5.10 Å². The first kappa shape index (κ1) is 11.4. The molecule has 2 N–H and O–H groups in total. The van der Waals surface area contributed by atoms with Crippen LogP contribution in [-0.2, 0) is 13.6 Å². The van der Waals surface area contributed by atoms with Crippen LogP contribution in [0.3, 0.4) is 0 Å². The van der Waals surface area contributed by atoms with E-state index in [1.807, 2.05) is 23.9 Å². The van der Waals surface area contributed by atoms with Gasteiger partial charge in [-0.1, -0.05) is 28.1 Å².